The van der Waals surface area contributed by atoms with Crippen molar-refractivity contribution in [3.05, 3.63) is 231 Å². The highest BCUT2D eigenvalue weighted by Gasteiger charge is 2.19. The van der Waals surface area contributed by atoms with Gasteiger partial charge in [0.05, 0.1) is 22.4 Å². The molecule has 0 saturated heterocycles. The Bertz CT molecular complexity index is 3210. The van der Waals surface area contributed by atoms with Gasteiger partial charge in [-0.3, -0.25) is 0 Å². The van der Waals surface area contributed by atoms with E-state index in [4.69, 9.17) is 0 Å². The van der Waals surface area contributed by atoms with Crippen LogP contribution >= 0.6 is 0 Å². The Morgan fingerprint density at radius 1 is 0.293 bits per heavy atom. The molecule has 0 aliphatic carbocycles. The van der Waals surface area contributed by atoms with Gasteiger partial charge >= 0.3 is 0 Å². The molecule has 2 nitrogen and oxygen atoms in total. The molecule has 272 valence electrons. The van der Waals surface area contributed by atoms with E-state index in [0.717, 1.165) is 28.3 Å². The number of nitrogens with zero attached hydrogens (tertiary/aromatic N) is 2. The highest BCUT2D eigenvalue weighted by atomic mass is 15.1. The van der Waals surface area contributed by atoms with Gasteiger partial charge in [-0.2, -0.15) is 0 Å². The summed E-state index contributed by atoms with van der Waals surface area (Å²) in [6.45, 7) is 0. The Morgan fingerprint density at radius 2 is 0.810 bits per heavy atom. The summed E-state index contributed by atoms with van der Waals surface area (Å²) in [6, 6.07) is 83.7. The molecule has 0 unspecified atom stereocenters. The zero-order valence-corrected chi connectivity index (χ0v) is 31.8. The fourth-order valence-electron chi connectivity index (χ4n) is 8.83. The minimum Gasteiger partial charge on any atom is -0.310 e. The van der Waals surface area contributed by atoms with Crippen molar-refractivity contribution < 1.29 is 0 Å². The van der Waals surface area contributed by atoms with Gasteiger partial charge in [0.2, 0.25) is 0 Å². The van der Waals surface area contributed by atoms with Crippen LogP contribution in [0.2, 0.25) is 0 Å². The van der Waals surface area contributed by atoms with Crippen LogP contribution in [0.4, 0.5) is 17.1 Å². The summed E-state index contributed by atoms with van der Waals surface area (Å²) >= 11 is 0. The quantitative estimate of drug-likeness (QED) is 0.158. The molecule has 0 fully saturated rings. The lowest BCUT2D eigenvalue weighted by atomic mass is 9.94. The first-order valence-electron chi connectivity index (χ1n) is 19.9. The molecule has 0 radical (unpaired) electrons. The van der Waals surface area contributed by atoms with E-state index in [2.05, 4.69) is 240 Å². The van der Waals surface area contributed by atoms with Crippen LogP contribution in [0.1, 0.15) is 0 Å². The molecule has 58 heavy (non-hydrogen) atoms. The van der Waals surface area contributed by atoms with Gasteiger partial charge in [-0.05, 0) is 98.6 Å². The minimum atomic E-state index is 1.09. The Morgan fingerprint density at radius 3 is 1.52 bits per heavy atom. The van der Waals surface area contributed by atoms with Crippen molar-refractivity contribution in [3.63, 3.8) is 0 Å². The average Bonchev–Trinajstić information content (AvgIpc) is 3.64. The van der Waals surface area contributed by atoms with Gasteiger partial charge in [-0.15, -0.1) is 0 Å². The summed E-state index contributed by atoms with van der Waals surface area (Å²) in [7, 11) is 0. The summed E-state index contributed by atoms with van der Waals surface area (Å²) in [5.41, 5.74) is 14.1. The fourth-order valence-corrected chi connectivity index (χ4v) is 8.83. The van der Waals surface area contributed by atoms with Gasteiger partial charge in [-0.1, -0.05) is 176 Å². The average molecular weight is 739 g/mol. The third kappa shape index (κ3) is 5.74. The molecule has 11 rings (SSSR count). The lowest BCUT2D eigenvalue weighted by molar-refractivity contribution is 1.18. The molecule has 11 aromatic rings. The predicted octanol–water partition coefficient (Wildman–Crippen LogP) is 15.6. The van der Waals surface area contributed by atoms with Crippen LogP contribution in [0.5, 0.6) is 0 Å². The number of rotatable bonds is 7. The lowest BCUT2D eigenvalue weighted by Crippen LogP contribution is -2.10. The maximum Gasteiger partial charge on any atom is 0.0541 e. The van der Waals surface area contributed by atoms with Crippen LogP contribution in [0, 0.1) is 0 Å². The summed E-state index contributed by atoms with van der Waals surface area (Å²) in [4.78, 5) is 2.41. The van der Waals surface area contributed by atoms with Crippen LogP contribution < -0.4 is 4.90 Å². The summed E-state index contributed by atoms with van der Waals surface area (Å²) in [5.74, 6) is 0. The van der Waals surface area contributed by atoms with Crippen molar-refractivity contribution in [1.29, 1.82) is 0 Å². The molecular weight excluding hydrogens is 701 g/mol. The van der Waals surface area contributed by atoms with Gasteiger partial charge in [0.15, 0.2) is 0 Å². The van der Waals surface area contributed by atoms with E-state index in [-0.39, 0.29) is 0 Å². The number of aromatic nitrogens is 1. The van der Waals surface area contributed by atoms with E-state index in [1.807, 2.05) is 0 Å². The van der Waals surface area contributed by atoms with Crippen molar-refractivity contribution in [3.8, 4) is 39.1 Å². The van der Waals surface area contributed by atoms with Gasteiger partial charge in [0.25, 0.3) is 0 Å². The Labute approximate surface area is 338 Å². The van der Waals surface area contributed by atoms with Crippen molar-refractivity contribution >= 4 is 60.4 Å². The molecule has 1 aromatic heterocycles. The first kappa shape index (κ1) is 33.6. The summed E-state index contributed by atoms with van der Waals surface area (Å²) < 4.78 is 2.41. The van der Waals surface area contributed by atoms with Crippen LogP contribution in [-0.2, 0) is 0 Å². The highest BCUT2D eigenvalue weighted by Crippen LogP contribution is 2.44. The van der Waals surface area contributed by atoms with Gasteiger partial charge in [0, 0.05) is 33.1 Å². The lowest BCUT2D eigenvalue weighted by Gasteiger charge is -2.28. The normalized spacial score (nSPS) is 11.4. The van der Waals surface area contributed by atoms with E-state index in [9.17, 15) is 0 Å². The third-order valence-electron chi connectivity index (χ3n) is 11.6. The van der Waals surface area contributed by atoms with Gasteiger partial charge in [0.1, 0.15) is 0 Å². The molecule has 1 heterocycles. The number of anilines is 3. The molecule has 0 aliphatic heterocycles. The summed E-state index contributed by atoms with van der Waals surface area (Å²) in [6.07, 6.45) is 0. The standard InChI is InChI=1S/C56H38N2/c1-2-14-39(15-3-1)41-28-32-45(33-29-41)57(56-37-36-47(49-19-6-7-20-50(49)56)44-27-26-40-16-4-5-17-43(40)38-44)46-34-30-42(31-35-46)48-18-8-11-23-53(48)58-54-24-12-9-21-51(54)52-22-10-13-25-55(52)58/h1-38H. The third-order valence-corrected chi connectivity index (χ3v) is 11.6. The monoisotopic (exact) mass is 738 g/mol. The molecule has 10 aromatic carbocycles. The largest absolute Gasteiger partial charge is 0.310 e. The Hall–Kier alpha value is -7.68. The van der Waals surface area contributed by atoms with Crippen molar-refractivity contribution in [2.75, 3.05) is 4.90 Å². The van der Waals surface area contributed by atoms with E-state index in [0.29, 0.717) is 0 Å². The van der Waals surface area contributed by atoms with E-state index in [1.54, 1.807) is 0 Å². The van der Waals surface area contributed by atoms with E-state index >= 15 is 0 Å². The first-order chi connectivity index (χ1) is 28.8. The Kier molecular flexibility index (Phi) is 8.19. The predicted molar refractivity (Wildman–Crippen MR) is 247 cm³/mol. The number of benzene rings is 10. The second-order valence-corrected chi connectivity index (χ2v) is 14.9. The molecule has 0 saturated carbocycles. The number of hydrogen-bond acceptors (Lipinski definition) is 1. The fraction of sp³-hybridized carbons (Fsp3) is 0. The second-order valence-electron chi connectivity index (χ2n) is 14.9. The highest BCUT2D eigenvalue weighted by molar-refractivity contribution is 6.10. The zero-order chi connectivity index (χ0) is 38.4. The first-order valence-corrected chi connectivity index (χ1v) is 19.9. The molecule has 0 spiro atoms. The van der Waals surface area contributed by atoms with E-state index < -0.39 is 0 Å². The van der Waals surface area contributed by atoms with Crippen LogP contribution in [0.15, 0.2) is 231 Å². The smallest absolute Gasteiger partial charge is 0.0541 e. The number of hydrogen-bond donors (Lipinski definition) is 0. The van der Waals surface area contributed by atoms with Gasteiger partial charge < -0.3 is 9.47 Å². The van der Waals surface area contributed by atoms with Crippen LogP contribution in [-0.4, -0.2) is 4.57 Å². The van der Waals surface area contributed by atoms with Crippen LogP contribution in [0.3, 0.4) is 0 Å². The molecule has 0 amide bonds. The van der Waals surface area contributed by atoms with E-state index in [1.165, 1.54) is 71.2 Å². The molecule has 0 bridgehead atoms. The minimum absolute atomic E-state index is 1.09. The molecule has 0 aliphatic rings. The van der Waals surface area contributed by atoms with Crippen molar-refractivity contribution in [2.24, 2.45) is 0 Å². The molecule has 2 heteroatoms. The SMILES string of the molecule is c1ccc(-c2ccc(N(c3ccc(-c4ccccc4-n4c5ccccc5c5ccccc54)cc3)c3ccc(-c4ccc5ccccc5c4)c4ccccc34)cc2)cc1. The second kappa shape index (κ2) is 14.1. The maximum absolute atomic E-state index is 2.41. The molecule has 0 N–H and O–H groups in total. The van der Waals surface area contributed by atoms with Crippen LogP contribution in [0.25, 0.3) is 82.4 Å². The molecule has 0 atom stereocenters. The van der Waals surface area contributed by atoms with Crippen molar-refractivity contribution in [1.82, 2.24) is 4.57 Å². The zero-order valence-electron chi connectivity index (χ0n) is 31.8. The summed E-state index contributed by atoms with van der Waals surface area (Å²) in [5, 5.41) is 7.43. The number of para-hydroxylation sites is 3. The maximum atomic E-state index is 2.41. The molecular formula is C56H38N2. The van der Waals surface area contributed by atoms with Crippen molar-refractivity contribution in [2.45, 2.75) is 0 Å². The van der Waals surface area contributed by atoms with Gasteiger partial charge in [-0.25, -0.2) is 0 Å². The number of fused-ring (bicyclic) bond motifs is 5. The topological polar surface area (TPSA) is 8.17 Å². The Balaban J connectivity index is 1.06.